The summed E-state index contributed by atoms with van der Waals surface area (Å²) in [6, 6.07) is 9.51. The highest BCUT2D eigenvalue weighted by Gasteiger charge is 2.36. The SMILES string of the molecule is CCC[C@]1(C#N)CC[C@H](OC(=O)c2ccc(OCC)cc2)CC1. The van der Waals surface area contributed by atoms with Crippen molar-refractivity contribution in [1.82, 2.24) is 0 Å². The van der Waals surface area contributed by atoms with E-state index in [0.29, 0.717) is 12.2 Å². The van der Waals surface area contributed by atoms with E-state index in [9.17, 15) is 10.1 Å². The van der Waals surface area contributed by atoms with Crippen molar-refractivity contribution in [1.29, 1.82) is 5.26 Å². The van der Waals surface area contributed by atoms with E-state index in [1.807, 2.05) is 6.92 Å². The first-order valence-corrected chi connectivity index (χ1v) is 8.47. The van der Waals surface area contributed by atoms with E-state index in [4.69, 9.17) is 9.47 Å². The fourth-order valence-electron chi connectivity index (χ4n) is 3.23. The van der Waals surface area contributed by atoms with Gasteiger partial charge in [-0.1, -0.05) is 13.3 Å². The highest BCUT2D eigenvalue weighted by molar-refractivity contribution is 5.89. The van der Waals surface area contributed by atoms with Gasteiger partial charge in [0, 0.05) is 0 Å². The van der Waals surface area contributed by atoms with Gasteiger partial charge in [-0.25, -0.2) is 4.79 Å². The van der Waals surface area contributed by atoms with Crippen molar-refractivity contribution in [2.24, 2.45) is 5.41 Å². The lowest BCUT2D eigenvalue weighted by atomic mass is 9.71. The molecule has 0 amide bonds. The molecular weight excluding hydrogens is 290 g/mol. The zero-order valence-corrected chi connectivity index (χ0v) is 14.0. The van der Waals surface area contributed by atoms with Gasteiger partial charge in [-0.3, -0.25) is 0 Å². The molecular formula is C19H25NO3. The molecule has 124 valence electrons. The van der Waals surface area contributed by atoms with Crippen molar-refractivity contribution < 1.29 is 14.3 Å². The van der Waals surface area contributed by atoms with E-state index in [1.165, 1.54) is 0 Å². The molecule has 1 aromatic carbocycles. The molecule has 1 fully saturated rings. The van der Waals surface area contributed by atoms with Crippen molar-refractivity contribution in [3.63, 3.8) is 0 Å². The van der Waals surface area contributed by atoms with Crippen LogP contribution in [-0.4, -0.2) is 18.7 Å². The molecule has 1 aliphatic carbocycles. The minimum atomic E-state index is -0.294. The average Bonchev–Trinajstić information content (AvgIpc) is 2.58. The molecule has 1 aliphatic rings. The van der Waals surface area contributed by atoms with Gasteiger partial charge in [0.1, 0.15) is 11.9 Å². The van der Waals surface area contributed by atoms with Crippen LogP contribution in [0.15, 0.2) is 24.3 Å². The van der Waals surface area contributed by atoms with Gasteiger partial charge in [-0.05, 0) is 63.3 Å². The Morgan fingerprint density at radius 3 is 2.43 bits per heavy atom. The van der Waals surface area contributed by atoms with Gasteiger partial charge >= 0.3 is 5.97 Å². The second-order valence-electron chi connectivity index (χ2n) is 6.20. The highest BCUT2D eigenvalue weighted by atomic mass is 16.5. The molecule has 0 aliphatic heterocycles. The van der Waals surface area contributed by atoms with E-state index in [-0.39, 0.29) is 17.5 Å². The number of carbonyl (C=O) groups is 1. The third-order valence-corrected chi connectivity index (χ3v) is 4.53. The maximum absolute atomic E-state index is 12.2. The van der Waals surface area contributed by atoms with E-state index in [2.05, 4.69) is 13.0 Å². The molecule has 0 atom stereocenters. The van der Waals surface area contributed by atoms with Crippen LogP contribution in [0.1, 0.15) is 62.7 Å². The summed E-state index contributed by atoms with van der Waals surface area (Å²) < 4.78 is 11.0. The van der Waals surface area contributed by atoms with Gasteiger partial charge < -0.3 is 9.47 Å². The normalized spacial score (nSPS) is 23.8. The van der Waals surface area contributed by atoms with Crippen LogP contribution < -0.4 is 4.74 Å². The molecule has 0 radical (unpaired) electrons. The second-order valence-corrected chi connectivity index (χ2v) is 6.20. The van der Waals surface area contributed by atoms with Crippen LogP contribution >= 0.6 is 0 Å². The average molecular weight is 315 g/mol. The number of benzene rings is 1. The number of nitrogens with zero attached hydrogens (tertiary/aromatic N) is 1. The van der Waals surface area contributed by atoms with Gasteiger partial charge in [-0.15, -0.1) is 0 Å². The summed E-state index contributed by atoms with van der Waals surface area (Å²) in [6.07, 6.45) is 5.06. The monoisotopic (exact) mass is 315 g/mol. The molecule has 1 saturated carbocycles. The fraction of sp³-hybridized carbons (Fsp3) is 0.579. The molecule has 4 nitrogen and oxygen atoms in total. The molecule has 0 spiro atoms. The molecule has 23 heavy (non-hydrogen) atoms. The Hall–Kier alpha value is -2.02. The van der Waals surface area contributed by atoms with Crippen LogP contribution in [0.4, 0.5) is 0 Å². The van der Waals surface area contributed by atoms with E-state index in [1.54, 1.807) is 24.3 Å². The minimum Gasteiger partial charge on any atom is -0.494 e. The first-order valence-electron chi connectivity index (χ1n) is 8.47. The fourth-order valence-corrected chi connectivity index (χ4v) is 3.23. The predicted octanol–water partition coefficient (Wildman–Crippen LogP) is 4.49. The Morgan fingerprint density at radius 2 is 1.91 bits per heavy atom. The lowest BCUT2D eigenvalue weighted by Gasteiger charge is -2.34. The first-order chi connectivity index (χ1) is 11.1. The maximum atomic E-state index is 12.2. The summed E-state index contributed by atoms with van der Waals surface area (Å²) in [7, 11) is 0. The standard InChI is InChI=1S/C19H25NO3/c1-3-11-19(14-20)12-9-17(10-13-19)23-18(21)15-5-7-16(8-6-15)22-4-2/h5-8,17H,3-4,9-13H2,1-2H3/t17-,19-. The molecule has 1 aromatic rings. The van der Waals surface area contributed by atoms with Crippen molar-refractivity contribution in [2.75, 3.05) is 6.61 Å². The molecule has 0 bridgehead atoms. The van der Waals surface area contributed by atoms with Gasteiger partial charge in [0.25, 0.3) is 0 Å². The van der Waals surface area contributed by atoms with Crippen LogP contribution in [0.5, 0.6) is 5.75 Å². The number of hydrogen-bond acceptors (Lipinski definition) is 4. The zero-order valence-electron chi connectivity index (χ0n) is 14.0. The van der Waals surface area contributed by atoms with E-state index in [0.717, 1.165) is 44.3 Å². The number of nitriles is 1. The molecule has 0 saturated heterocycles. The molecule has 0 aromatic heterocycles. The second kappa shape index (κ2) is 8.01. The quantitative estimate of drug-likeness (QED) is 0.725. The van der Waals surface area contributed by atoms with Gasteiger partial charge in [0.05, 0.1) is 23.7 Å². The van der Waals surface area contributed by atoms with Gasteiger partial charge in [0.2, 0.25) is 0 Å². The Bertz CT molecular complexity index is 551. The number of carbonyl (C=O) groups excluding carboxylic acids is 1. The summed E-state index contributed by atoms with van der Waals surface area (Å²) in [5, 5.41) is 9.42. The van der Waals surface area contributed by atoms with Crippen LogP contribution in [0.3, 0.4) is 0 Å². The van der Waals surface area contributed by atoms with Crippen molar-refractivity contribution in [3.05, 3.63) is 29.8 Å². The Morgan fingerprint density at radius 1 is 1.26 bits per heavy atom. The van der Waals surface area contributed by atoms with Crippen molar-refractivity contribution in [3.8, 4) is 11.8 Å². The van der Waals surface area contributed by atoms with Crippen molar-refractivity contribution >= 4 is 5.97 Å². The summed E-state index contributed by atoms with van der Waals surface area (Å²) in [4.78, 5) is 12.2. The minimum absolute atomic E-state index is 0.0765. The summed E-state index contributed by atoms with van der Waals surface area (Å²) in [6.45, 7) is 4.63. The number of rotatable bonds is 6. The summed E-state index contributed by atoms with van der Waals surface area (Å²) >= 11 is 0. The third kappa shape index (κ3) is 4.48. The predicted molar refractivity (Wildman–Crippen MR) is 88.2 cm³/mol. The molecule has 4 heteroatoms. The summed E-state index contributed by atoms with van der Waals surface area (Å²) in [5.41, 5.74) is 0.329. The van der Waals surface area contributed by atoms with Gasteiger partial charge in [0.15, 0.2) is 0 Å². The lowest BCUT2D eigenvalue weighted by Crippen LogP contribution is -2.31. The zero-order chi connectivity index (χ0) is 16.7. The van der Waals surface area contributed by atoms with Crippen LogP contribution in [0.25, 0.3) is 0 Å². The third-order valence-electron chi connectivity index (χ3n) is 4.53. The Kier molecular flexibility index (Phi) is 6.04. The molecule has 0 N–H and O–H groups in total. The number of ether oxygens (including phenoxy) is 2. The topological polar surface area (TPSA) is 59.3 Å². The van der Waals surface area contributed by atoms with Crippen LogP contribution in [0, 0.1) is 16.7 Å². The molecule has 2 rings (SSSR count). The maximum Gasteiger partial charge on any atom is 0.338 e. The van der Waals surface area contributed by atoms with Gasteiger partial charge in [-0.2, -0.15) is 5.26 Å². The first kappa shape index (κ1) is 17.3. The number of esters is 1. The molecule has 0 unspecified atom stereocenters. The summed E-state index contributed by atoms with van der Waals surface area (Å²) in [5.74, 6) is 0.457. The smallest absolute Gasteiger partial charge is 0.338 e. The molecule has 0 heterocycles. The Balaban J connectivity index is 1.88. The lowest BCUT2D eigenvalue weighted by molar-refractivity contribution is 0.0106. The van der Waals surface area contributed by atoms with Crippen molar-refractivity contribution in [2.45, 2.75) is 58.5 Å². The van der Waals surface area contributed by atoms with E-state index < -0.39 is 0 Å². The Labute approximate surface area is 138 Å². The van der Waals surface area contributed by atoms with E-state index >= 15 is 0 Å². The van der Waals surface area contributed by atoms with Crippen LogP contribution in [0.2, 0.25) is 0 Å². The largest absolute Gasteiger partial charge is 0.494 e. The number of hydrogen-bond donors (Lipinski definition) is 0. The highest BCUT2D eigenvalue weighted by Crippen LogP contribution is 2.40. The van der Waals surface area contributed by atoms with Crippen LogP contribution in [-0.2, 0) is 4.74 Å².